The quantitative estimate of drug-likeness (QED) is 0.844. The Balaban J connectivity index is 3.10. The van der Waals surface area contributed by atoms with Crippen molar-refractivity contribution in [2.24, 2.45) is 0 Å². The third-order valence-corrected chi connectivity index (χ3v) is 4.71. The Morgan fingerprint density at radius 2 is 2.11 bits per heavy atom. The fraction of sp³-hybridized carbons (Fsp3) is 0.417. The molecule has 2 N–H and O–H groups in total. The summed E-state index contributed by atoms with van der Waals surface area (Å²) in [6, 6.07) is 3.36. The summed E-state index contributed by atoms with van der Waals surface area (Å²) >= 11 is 5.87. The molecule has 19 heavy (non-hydrogen) atoms. The molecule has 5 nitrogen and oxygen atoms in total. The van der Waals surface area contributed by atoms with Crippen molar-refractivity contribution in [2.45, 2.75) is 37.6 Å². The molecule has 106 valence electrons. The fourth-order valence-corrected chi connectivity index (χ4v) is 3.37. The number of hydrogen-bond donors (Lipinski definition) is 2. The van der Waals surface area contributed by atoms with E-state index in [1.165, 1.54) is 12.1 Å². The van der Waals surface area contributed by atoms with E-state index in [0.717, 1.165) is 0 Å². The Labute approximate surface area is 117 Å². The van der Waals surface area contributed by atoms with Crippen molar-refractivity contribution in [3.63, 3.8) is 0 Å². The molecule has 0 spiro atoms. The lowest BCUT2D eigenvalue weighted by Gasteiger charge is -2.15. The molecule has 0 unspecified atom stereocenters. The molecule has 0 aliphatic heterocycles. The van der Waals surface area contributed by atoms with E-state index in [1.807, 2.05) is 0 Å². The van der Waals surface area contributed by atoms with Gasteiger partial charge in [-0.05, 0) is 31.0 Å². The maximum absolute atomic E-state index is 12.2. The number of benzene rings is 1. The molecule has 7 heteroatoms. The van der Waals surface area contributed by atoms with Crippen LogP contribution in [0.5, 0.6) is 0 Å². The van der Waals surface area contributed by atoms with Gasteiger partial charge in [0.1, 0.15) is 6.04 Å². The number of halogens is 1. The topological polar surface area (TPSA) is 83.5 Å². The SMILES string of the molecule is CCC[C@H](NS(=O)(=O)c1cccc(Cl)c1C)C(=O)O. The van der Waals surface area contributed by atoms with Crippen LogP contribution in [-0.4, -0.2) is 25.5 Å². The predicted molar refractivity (Wildman–Crippen MR) is 72.8 cm³/mol. The van der Waals surface area contributed by atoms with Crippen LogP contribution in [0, 0.1) is 6.92 Å². The highest BCUT2D eigenvalue weighted by Crippen LogP contribution is 2.23. The van der Waals surface area contributed by atoms with Crippen molar-refractivity contribution in [2.75, 3.05) is 0 Å². The Kier molecular flexibility index (Phi) is 5.34. The van der Waals surface area contributed by atoms with Crippen LogP contribution in [0.15, 0.2) is 23.1 Å². The van der Waals surface area contributed by atoms with Gasteiger partial charge in [-0.2, -0.15) is 4.72 Å². The normalized spacial score (nSPS) is 13.2. The van der Waals surface area contributed by atoms with Crippen molar-refractivity contribution in [1.29, 1.82) is 0 Å². The summed E-state index contributed by atoms with van der Waals surface area (Å²) in [5, 5.41) is 9.31. The average molecular weight is 306 g/mol. The summed E-state index contributed by atoms with van der Waals surface area (Å²) in [4.78, 5) is 11.0. The minimum atomic E-state index is -3.90. The molecule has 0 saturated carbocycles. The molecular formula is C12H16ClNO4S. The molecule has 1 atom stereocenters. The van der Waals surface area contributed by atoms with Crippen LogP contribution in [0.4, 0.5) is 0 Å². The van der Waals surface area contributed by atoms with Gasteiger partial charge in [-0.15, -0.1) is 0 Å². The number of nitrogens with one attached hydrogen (secondary N) is 1. The number of rotatable bonds is 6. The zero-order valence-corrected chi connectivity index (χ0v) is 12.3. The molecule has 0 radical (unpaired) electrons. The fourth-order valence-electron chi connectivity index (χ4n) is 1.65. The first-order valence-electron chi connectivity index (χ1n) is 5.80. The molecule has 0 aromatic heterocycles. The lowest BCUT2D eigenvalue weighted by Crippen LogP contribution is -2.40. The van der Waals surface area contributed by atoms with E-state index in [0.29, 0.717) is 17.0 Å². The largest absolute Gasteiger partial charge is 0.480 e. The van der Waals surface area contributed by atoms with E-state index in [-0.39, 0.29) is 11.3 Å². The Morgan fingerprint density at radius 3 is 2.63 bits per heavy atom. The van der Waals surface area contributed by atoms with Gasteiger partial charge in [0.2, 0.25) is 10.0 Å². The highest BCUT2D eigenvalue weighted by Gasteiger charge is 2.26. The number of carboxylic acids is 1. The summed E-state index contributed by atoms with van der Waals surface area (Å²) in [5.74, 6) is -1.19. The van der Waals surface area contributed by atoms with Gasteiger partial charge in [-0.25, -0.2) is 8.42 Å². The zero-order chi connectivity index (χ0) is 14.6. The van der Waals surface area contributed by atoms with Crippen LogP contribution >= 0.6 is 11.6 Å². The van der Waals surface area contributed by atoms with Crippen molar-refractivity contribution in [1.82, 2.24) is 4.72 Å². The highest BCUT2D eigenvalue weighted by atomic mass is 35.5. The third-order valence-electron chi connectivity index (χ3n) is 2.68. The van der Waals surface area contributed by atoms with Gasteiger partial charge in [0.15, 0.2) is 0 Å². The van der Waals surface area contributed by atoms with E-state index in [9.17, 15) is 13.2 Å². The Hall–Kier alpha value is -1.11. The van der Waals surface area contributed by atoms with Gasteiger partial charge in [0.25, 0.3) is 0 Å². The van der Waals surface area contributed by atoms with Gasteiger partial charge >= 0.3 is 5.97 Å². The zero-order valence-electron chi connectivity index (χ0n) is 10.7. The smallest absolute Gasteiger partial charge is 0.321 e. The first kappa shape index (κ1) is 15.9. The second-order valence-corrected chi connectivity index (χ2v) is 6.25. The first-order valence-corrected chi connectivity index (χ1v) is 7.66. The van der Waals surface area contributed by atoms with Crippen LogP contribution < -0.4 is 4.72 Å². The Bertz CT molecular complexity index is 571. The van der Waals surface area contributed by atoms with Crippen molar-refractivity contribution in [3.05, 3.63) is 28.8 Å². The minimum Gasteiger partial charge on any atom is -0.480 e. The maximum Gasteiger partial charge on any atom is 0.321 e. The number of carboxylic acid groups (broad SMARTS) is 1. The first-order chi connectivity index (χ1) is 8.79. The van der Waals surface area contributed by atoms with Crippen LogP contribution in [0.1, 0.15) is 25.3 Å². The van der Waals surface area contributed by atoms with Gasteiger partial charge in [-0.3, -0.25) is 4.79 Å². The van der Waals surface area contributed by atoms with E-state index >= 15 is 0 Å². The number of aliphatic carboxylic acids is 1. The van der Waals surface area contributed by atoms with Crippen LogP contribution in [-0.2, 0) is 14.8 Å². The number of hydrogen-bond acceptors (Lipinski definition) is 3. The van der Waals surface area contributed by atoms with E-state index in [4.69, 9.17) is 16.7 Å². The lowest BCUT2D eigenvalue weighted by molar-refractivity contribution is -0.139. The highest BCUT2D eigenvalue weighted by molar-refractivity contribution is 7.89. The summed E-state index contributed by atoms with van der Waals surface area (Å²) in [6.45, 7) is 3.36. The molecule has 0 bridgehead atoms. The summed E-state index contributed by atoms with van der Waals surface area (Å²) in [5.41, 5.74) is 0.400. The average Bonchev–Trinajstić information content (AvgIpc) is 2.31. The van der Waals surface area contributed by atoms with Crippen molar-refractivity contribution in [3.8, 4) is 0 Å². The lowest BCUT2D eigenvalue weighted by atomic mass is 10.2. The molecule has 1 aromatic carbocycles. The number of sulfonamides is 1. The van der Waals surface area contributed by atoms with Gasteiger partial charge in [0, 0.05) is 5.02 Å². The van der Waals surface area contributed by atoms with E-state index in [2.05, 4.69) is 4.72 Å². The van der Waals surface area contributed by atoms with Gasteiger partial charge in [0.05, 0.1) is 4.90 Å². The predicted octanol–water partition coefficient (Wildman–Crippen LogP) is 2.18. The van der Waals surface area contributed by atoms with E-state index in [1.54, 1.807) is 19.9 Å². The van der Waals surface area contributed by atoms with E-state index < -0.39 is 22.0 Å². The third kappa shape index (κ3) is 3.92. The molecule has 0 amide bonds. The minimum absolute atomic E-state index is 0.00218. The standard InChI is InChI=1S/C12H16ClNO4S/c1-3-5-10(12(15)16)14-19(17,18)11-7-4-6-9(13)8(11)2/h4,6-7,10,14H,3,5H2,1-2H3,(H,15,16)/t10-/m0/s1. The van der Waals surface area contributed by atoms with Crippen LogP contribution in [0.25, 0.3) is 0 Å². The summed E-state index contributed by atoms with van der Waals surface area (Å²) < 4.78 is 26.5. The summed E-state index contributed by atoms with van der Waals surface area (Å²) in [7, 11) is -3.90. The molecule has 0 aliphatic rings. The van der Waals surface area contributed by atoms with Gasteiger partial charge in [-0.1, -0.05) is 31.0 Å². The molecule has 0 heterocycles. The second kappa shape index (κ2) is 6.36. The molecule has 0 saturated heterocycles. The number of carbonyl (C=O) groups is 1. The van der Waals surface area contributed by atoms with Gasteiger partial charge < -0.3 is 5.11 Å². The Morgan fingerprint density at radius 1 is 1.47 bits per heavy atom. The molecular weight excluding hydrogens is 290 g/mol. The maximum atomic E-state index is 12.2. The monoisotopic (exact) mass is 305 g/mol. The molecule has 0 fully saturated rings. The van der Waals surface area contributed by atoms with Crippen LogP contribution in [0.3, 0.4) is 0 Å². The van der Waals surface area contributed by atoms with Crippen LogP contribution in [0.2, 0.25) is 5.02 Å². The molecule has 1 rings (SSSR count). The molecule has 1 aromatic rings. The summed E-state index contributed by atoms with van der Waals surface area (Å²) in [6.07, 6.45) is 0.794. The van der Waals surface area contributed by atoms with Crippen molar-refractivity contribution < 1.29 is 18.3 Å². The second-order valence-electron chi connectivity index (χ2n) is 4.16. The van der Waals surface area contributed by atoms with Crippen molar-refractivity contribution >= 4 is 27.6 Å². The molecule has 0 aliphatic carbocycles.